The molecule has 0 aromatic carbocycles. The third-order valence-electron chi connectivity index (χ3n) is 1.32. The summed E-state index contributed by atoms with van der Waals surface area (Å²) in [5, 5.41) is 0. The Kier molecular flexibility index (Phi) is 7.44. The lowest BCUT2D eigenvalue weighted by atomic mass is 10.2. The smallest absolute Gasteiger partial charge is 0.189 e. The quantitative estimate of drug-likeness (QED) is 0.481. The lowest BCUT2D eigenvalue weighted by molar-refractivity contribution is 0.502. The van der Waals surface area contributed by atoms with E-state index < -0.39 is 8.03 Å². The van der Waals surface area contributed by atoms with E-state index in [0.29, 0.717) is 6.16 Å². The van der Waals surface area contributed by atoms with Crippen LogP contribution in [0.15, 0.2) is 0 Å². The van der Waals surface area contributed by atoms with Crippen LogP contribution in [0.2, 0.25) is 0 Å². The Morgan fingerprint density at radius 2 is 2.20 bits per heavy atom. The highest BCUT2D eigenvalue weighted by molar-refractivity contribution is 7.37. The van der Waals surface area contributed by atoms with E-state index in [4.69, 9.17) is 4.89 Å². The van der Waals surface area contributed by atoms with E-state index in [1.807, 2.05) is 0 Å². The maximum absolute atomic E-state index is 10.2. The number of rotatable bonds is 6. The van der Waals surface area contributed by atoms with E-state index in [-0.39, 0.29) is 0 Å². The van der Waals surface area contributed by atoms with Crippen molar-refractivity contribution in [3.05, 3.63) is 6.42 Å². The summed E-state index contributed by atoms with van der Waals surface area (Å²) in [7, 11) is -2.20. The van der Waals surface area contributed by atoms with Crippen LogP contribution in [-0.2, 0) is 4.57 Å². The van der Waals surface area contributed by atoms with E-state index >= 15 is 0 Å². The maximum atomic E-state index is 10.2. The summed E-state index contributed by atoms with van der Waals surface area (Å²) in [5.41, 5.74) is 0. The highest BCUT2D eigenvalue weighted by Gasteiger charge is 1.92. The van der Waals surface area contributed by atoms with Gasteiger partial charge in [-0.15, -0.1) is 0 Å². The molecular weight excluding hydrogens is 147 g/mol. The molecule has 1 atom stereocenters. The second-order valence-electron chi connectivity index (χ2n) is 2.36. The van der Waals surface area contributed by atoms with Gasteiger partial charge in [-0.3, -0.25) is 4.57 Å². The largest absolute Gasteiger partial charge is 0.346 e. The van der Waals surface area contributed by atoms with Crippen molar-refractivity contribution < 1.29 is 9.46 Å². The zero-order valence-electron chi connectivity index (χ0n) is 6.47. The Morgan fingerprint density at radius 3 is 2.70 bits per heavy atom. The van der Waals surface area contributed by atoms with Gasteiger partial charge in [0.2, 0.25) is 0 Å². The molecule has 0 aromatic heterocycles. The van der Waals surface area contributed by atoms with E-state index in [0.717, 1.165) is 12.8 Å². The normalized spacial score (nSPS) is 13.4. The van der Waals surface area contributed by atoms with Crippen molar-refractivity contribution in [3.63, 3.8) is 0 Å². The first kappa shape index (κ1) is 10.2. The summed E-state index contributed by atoms with van der Waals surface area (Å²) in [5.74, 6) is 0. The van der Waals surface area contributed by atoms with Crippen LogP contribution in [0.1, 0.15) is 32.6 Å². The molecule has 0 aliphatic rings. The van der Waals surface area contributed by atoms with Crippen molar-refractivity contribution in [2.45, 2.75) is 32.6 Å². The average molecular weight is 163 g/mol. The fraction of sp³-hybridized carbons (Fsp3) is 0.857. The van der Waals surface area contributed by atoms with Gasteiger partial charge >= 0.3 is 0 Å². The third kappa shape index (κ3) is 8.19. The number of hydrogen-bond acceptors (Lipinski definition) is 1. The van der Waals surface area contributed by atoms with Gasteiger partial charge < -0.3 is 4.89 Å². The Balaban J connectivity index is 2.84. The zero-order valence-corrected chi connectivity index (χ0v) is 7.47. The first-order valence-electron chi connectivity index (χ1n) is 3.80. The van der Waals surface area contributed by atoms with Gasteiger partial charge in [-0.2, -0.15) is 0 Å². The SMILES string of the molecule is CCCC[CH]CC[PH](=O)O. The lowest BCUT2D eigenvalue weighted by Gasteiger charge is -1.95. The Morgan fingerprint density at radius 1 is 1.50 bits per heavy atom. The molecule has 0 amide bonds. The fourth-order valence-corrected chi connectivity index (χ4v) is 1.17. The van der Waals surface area contributed by atoms with E-state index in [2.05, 4.69) is 13.3 Å². The Bertz CT molecular complexity index is 93.6. The zero-order chi connectivity index (χ0) is 7.82. The van der Waals surface area contributed by atoms with Crippen LogP contribution < -0.4 is 0 Å². The average Bonchev–Trinajstić information content (AvgIpc) is 1.87. The third-order valence-corrected chi connectivity index (χ3v) is 2.04. The van der Waals surface area contributed by atoms with Crippen molar-refractivity contribution in [1.29, 1.82) is 0 Å². The molecule has 61 valence electrons. The van der Waals surface area contributed by atoms with Gasteiger partial charge in [-0.05, 0) is 12.8 Å². The van der Waals surface area contributed by atoms with Crippen molar-refractivity contribution in [2.24, 2.45) is 0 Å². The summed E-state index contributed by atoms with van der Waals surface area (Å²) in [6, 6.07) is 0. The molecule has 2 nitrogen and oxygen atoms in total. The monoisotopic (exact) mass is 163 g/mol. The minimum atomic E-state index is -2.20. The topological polar surface area (TPSA) is 37.3 Å². The highest BCUT2D eigenvalue weighted by atomic mass is 31.1. The van der Waals surface area contributed by atoms with Crippen LogP contribution in [0.5, 0.6) is 0 Å². The summed E-state index contributed by atoms with van der Waals surface area (Å²) >= 11 is 0. The van der Waals surface area contributed by atoms with Crippen LogP contribution in [0.4, 0.5) is 0 Å². The maximum Gasteiger partial charge on any atom is 0.189 e. The second-order valence-corrected chi connectivity index (χ2v) is 3.65. The molecule has 0 spiro atoms. The standard InChI is InChI=1S/C7H16O2P/c1-2-3-4-5-6-7-10(8)9/h5,10H,2-4,6-7H2,1H3,(H,8,9). The predicted molar refractivity (Wildman–Crippen MR) is 44.5 cm³/mol. The van der Waals surface area contributed by atoms with Crippen LogP contribution >= 0.6 is 8.03 Å². The van der Waals surface area contributed by atoms with Crippen molar-refractivity contribution in [2.75, 3.05) is 6.16 Å². The van der Waals surface area contributed by atoms with Gasteiger partial charge in [-0.25, -0.2) is 0 Å². The van der Waals surface area contributed by atoms with Crippen molar-refractivity contribution >= 4 is 8.03 Å². The lowest BCUT2D eigenvalue weighted by Crippen LogP contribution is -1.81. The molecule has 0 aliphatic carbocycles. The van der Waals surface area contributed by atoms with Gasteiger partial charge in [0.1, 0.15) is 0 Å². The molecule has 3 heteroatoms. The van der Waals surface area contributed by atoms with Gasteiger partial charge in [0.25, 0.3) is 0 Å². The summed E-state index contributed by atoms with van der Waals surface area (Å²) in [6.07, 6.45) is 6.85. The molecule has 0 heterocycles. The van der Waals surface area contributed by atoms with Gasteiger partial charge in [0.05, 0.1) is 0 Å². The molecule has 0 fully saturated rings. The minimum Gasteiger partial charge on any atom is -0.346 e. The number of unbranched alkanes of at least 4 members (excludes halogenated alkanes) is 4. The molecule has 1 unspecified atom stereocenters. The summed E-state index contributed by atoms with van der Waals surface area (Å²) in [6.45, 7) is 2.14. The van der Waals surface area contributed by atoms with Crippen molar-refractivity contribution in [1.82, 2.24) is 0 Å². The van der Waals surface area contributed by atoms with Crippen LogP contribution in [0.3, 0.4) is 0 Å². The molecular formula is C7H16O2P. The first-order valence-corrected chi connectivity index (χ1v) is 5.37. The van der Waals surface area contributed by atoms with Crippen LogP contribution in [-0.4, -0.2) is 11.1 Å². The fourth-order valence-electron chi connectivity index (χ4n) is 0.718. The molecule has 0 bridgehead atoms. The van der Waals surface area contributed by atoms with E-state index in [1.165, 1.54) is 12.8 Å². The highest BCUT2D eigenvalue weighted by Crippen LogP contribution is 2.15. The minimum absolute atomic E-state index is 0.467. The molecule has 10 heavy (non-hydrogen) atoms. The van der Waals surface area contributed by atoms with Gasteiger partial charge in [-0.1, -0.05) is 26.2 Å². The molecule has 1 N–H and O–H groups in total. The number of hydrogen-bond donors (Lipinski definition) is 1. The van der Waals surface area contributed by atoms with Gasteiger partial charge in [0, 0.05) is 6.16 Å². The van der Waals surface area contributed by atoms with Crippen LogP contribution in [0.25, 0.3) is 0 Å². The molecule has 0 saturated heterocycles. The molecule has 0 rings (SSSR count). The molecule has 1 radical (unpaired) electrons. The Labute approximate surface area is 63.5 Å². The van der Waals surface area contributed by atoms with Crippen molar-refractivity contribution in [3.8, 4) is 0 Å². The summed E-state index contributed by atoms with van der Waals surface area (Å²) < 4.78 is 10.2. The second kappa shape index (κ2) is 7.30. The molecule has 0 saturated carbocycles. The van der Waals surface area contributed by atoms with E-state index in [1.54, 1.807) is 0 Å². The van der Waals surface area contributed by atoms with E-state index in [9.17, 15) is 4.57 Å². The van der Waals surface area contributed by atoms with Crippen LogP contribution in [0, 0.1) is 6.42 Å². The molecule has 0 aromatic rings. The predicted octanol–water partition coefficient (Wildman–Crippen LogP) is 2.24. The molecule has 0 aliphatic heterocycles. The summed E-state index contributed by atoms with van der Waals surface area (Å²) in [4.78, 5) is 8.44. The van der Waals surface area contributed by atoms with Gasteiger partial charge in [0.15, 0.2) is 8.03 Å². The Hall–Kier alpha value is 0.190. The first-order chi connectivity index (χ1) is 4.77.